The van der Waals surface area contributed by atoms with E-state index in [4.69, 9.17) is 0 Å². The second-order valence-corrected chi connectivity index (χ2v) is 9.88. The first-order valence-corrected chi connectivity index (χ1v) is 11.1. The lowest BCUT2D eigenvalue weighted by atomic mass is 10.4. The maximum absolute atomic E-state index is 2.35. The van der Waals surface area contributed by atoms with Crippen molar-refractivity contribution in [2.45, 2.75) is 0 Å². The molecular formula is C12H6I6. The Kier molecular flexibility index (Phi) is 10.2. The van der Waals surface area contributed by atoms with Gasteiger partial charge in [-0.15, -0.1) is 0 Å². The van der Waals surface area contributed by atoms with Crippen LogP contribution in [0.25, 0.3) is 0 Å². The van der Waals surface area contributed by atoms with Crippen molar-refractivity contribution in [3.63, 3.8) is 0 Å². The topological polar surface area (TPSA) is 0 Å². The molecule has 0 spiro atoms. The number of hydrogen-bond donors (Lipinski definition) is 0. The summed E-state index contributed by atoms with van der Waals surface area (Å²) < 4.78 is 8.05. The van der Waals surface area contributed by atoms with E-state index >= 15 is 0 Å². The molecule has 0 N–H and O–H groups in total. The molecule has 0 saturated carbocycles. The van der Waals surface area contributed by atoms with Gasteiger partial charge in [0, 0.05) is 21.4 Å². The molecule has 0 bridgehead atoms. The Balaban J connectivity index is 0.000000180. The van der Waals surface area contributed by atoms with Crippen molar-refractivity contribution in [3.8, 4) is 0 Å². The summed E-state index contributed by atoms with van der Waals surface area (Å²) in [7, 11) is 0. The second kappa shape index (κ2) is 9.76. The quantitative estimate of drug-likeness (QED) is 0.198. The van der Waals surface area contributed by atoms with Crippen LogP contribution in [0.1, 0.15) is 0 Å². The first-order chi connectivity index (χ1) is 8.43. The molecule has 6 heteroatoms. The molecule has 0 atom stereocenters. The van der Waals surface area contributed by atoms with Crippen LogP contribution in [0.2, 0.25) is 0 Å². The smallest absolute Gasteiger partial charge is 0.0397 e. The molecule has 18 heavy (non-hydrogen) atoms. The van der Waals surface area contributed by atoms with Crippen molar-refractivity contribution in [1.82, 2.24) is 0 Å². The third kappa shape index (κ3) is 6.29. The van der Waals surface area contributed by atoms with Gasteiger partial charge in [-0.3, -0.25) is 0 Å². The van der Waals surface area contributed by atoms with Crippen molar-refractivity contribution in [2.75, 3.05) is 0 Å². The van der Waals surface area contributed by atoms with Crippen LogP contribution in [0.3, 0.4) is 0 Å². The van der Waals surface area contributed by atoms with Crippen LogP contribution in [0.15, 0.2) is 36.4 Å². The Morgan fingerprint density at radius 1 is 0.444 bits per heavy atom. The summed E-state index contributed by atoms with van der Waals surface area (Å²) in [5, 5.41) is 0. The minimum atomic E-state index is 1.33. The predicted molar refractivity (Wildman–Crippen MR) is 129 cm³/mol. The van der Waals surface area contributed by atoms with E-state index < -0.39 is 0 Å². The van der Waals surface area contributed by atoms with E-state index in [0.717, 1.165) is 0 Å². The summed E-state index contributed by atoms with van der Waals surface area (Å²) in [4.78, 5) is 0. The molecule has 2 aromatic rings. The second-order valence-electron chi connectivity index (χ2n) is 3.07. The molecule has 0 aliphatic carbocycles. The number of halogens is 6. The number of hydrogen-bond acceptors (Lipinski definition) is 0. The fourth-order valence-corrected chi connectivity index (χ4v) is 4.70. The van der Waals surface area contributed by atoms with Crippen LogP contribution >= 0.6 is 136 Å². The standard InChI is InChI=1S/2C6H3I3/c2*7-4-2-1-3-5(8)6(4)9/h2*1-3H. The van der Waals surface area contributed by atoms with Crippen LogP contribution < -0.4 is 0 Å². The molecule has 0 aliphatic rings. The van der Waals surface area contributed by atoms with Gasteiger partial charge in [-0.1, -0.05) is 12.1 Å². The van der Waals surface area contributed by atoms with Crippen molar-refractivity contribution < 1.29 is 0 Å². The Bertz CT molecular complexity index is 448. The minimum Gasteiger partial charge on any atom is -0.0601 e. The Morgan fingerprint density at radius 3 is 0.833 bits per heavy atom. The molecule has 0 aliphatic heterocycles. The fraction of sp³-hybridized carbons (Fsp3) is 0. The molecule has 2 rings (SSSR count). The minimum absolute atomic E-state index is 1.33. The third-order valence-corrected chi connectivity index (χ3v) is 11.9. The molecule has 0 amide bonds. The molecule has 0 radical (unpaired) electrons. The summed E-state index contributed by atoms with van der Waals surface area (Å²) in [5.74, 6) is 0. The first-order valence-electron chi connectivity index (χ1n) is 4.62. The monoisotopic (exact) mass is 911 g/mol. The Labute approximate surface area is 189 Å². The van der Waals surface area contributed by atoms with Crippen LogP contribution in [0.4, 0.5) is 0 Å². The van der Waals surface area contributed by atoms with E-state index in [1.54, 1.807) is 0 Å². The summed E-state index contributed by atoms with van der Waals surface area (Å²) in [6.07, 6.45) is 0. The van der Waals surface area contributed by atoms with Gasteiger partial charge in [0.05, 0.1) is 0 Å². The van der Waals surface area contributed by atoms with Crippen LogP contribution in [0, 0.1) is 21.4 Å². The lowest BCUT2D eigenvalue weighted by Gasteiger charge is -1.95. The number of rotatable bonds is 0. The van der Waals surface area contributed by atoms with Gasteiger partial charge < -0.3 is 0 Å². The number of benzene rings is 2. The lowest BCUT2D eigenvalue weighted by Crippen LogP contribution is -1.81. The van der Waals surface area contributed by atoms with E-state index in [1.165, 1.54) is 21.4 Å². The third-order valence-electron chi connectivity index (χ3n) is 1.81. The molecule has 0 fully saturated rings. The normalized spacial score (nSPS) is 9.67. The van der Waals surface area contributed by atoms with Crippen molar-refractivity contribution in [3.05, 3.63) is 57.8 Å². The van der Waals surface area contributed by atoms with Gasteiger partial charge in [-0.25, -0.2) is 0 Å². The van der Waals surface area contributed by atoms with Crippen molar-refractivity contribution >= 4 is 136 Å². The zero-order valence-electron chi connectivity index (χ0n) is 8.73. The maximum atomic E-state index is 2.35. The van der Waals surface area contributed by atoms with Gasteiger partial charge in [0.15, 0.2) is 0 Å². The highest BCUT2D eigenvalue weighted by molar-refractivity contribution is 14.1. The summed E-state index contributed by atoms with van der Waals surface area (Å²) in [6, 6.07) is 12.6. The molecule has 96 valence electrons. The fourth-order valence-electron chi connectivity index (χ4n) is 0.955. The van der Waals surface area contributed by atoms with Gasteiger partial charge in [0.1, 0.15) is 0 Å². The van der Waals surface area contributed by atoms with E-state index in [9.17, 15) is 0 Å². The van der Waals surface area contributed by atoms with Crippen LogP contribution in [-0.2, 0) is 0 Å². The van der Waals surface area contributed by atoms with Gasteiger partial charge >= 0.3 is 0 Å². The average molecular weight is 912 g/mol. The molecular weight excluding hydrogens is 906 g/mol. The van der Waals surface area contributed by atoms with Crippen molar-refractivity contribution in [1.29, 1.82) is 0 Å². The Morgan fingerprint density at radius 2 is 0.667 bits per heavy atom. The highest BCUT2D eigenvalue weighted by Gasteiger charge is 1.97. The predicted octanol–water partition coefficient (Wildman–Crippen LogP) is 7.00. The summed E-state index contributed by atoms with van der Waals surface area (Å²) >= 11 is 14.1. The van der Waals surface area contributed by atoms with Crippen LogP contribution in [-0.4, -0.2) is 0 Å². The van der Waals surface area contributed by atoms with Crippen molar-refractivity contribution in [2.24, 2.45) is 0 Å². The highest BCUT2D eigenvalue weighted by atomic mass is 127. The van der Waals surface area contributed by atoms with E-state index in [0.29, 0.717) is 0 Å². The molecule has 0 nitrogen and oxygen atoms in total. The molecule has 0 saturated heterocycles. The average Bonchev–Trinajstić information content (AvgIpc) is 2.34. The highest BCUT2D eigenvalue weighted by Crippen LogP contribution is 2.20. The molecule has 0 heterocycles. The van der Waals surface area contributed by atoms with E-state index in [2.05, 4.69) is 172 Å². The van der Waals surface area contributed by atoms with E-state index in [-0.39, 0.29) is 0 Å². The summed E-state index contributed by atoms with van der Waals surface area (Å²) in [5.41, 5.74) is 0. The zero-order valence-corrected chi connectivity index (χ0v) is 21.7. The molecule has 0 aromatic heterocycles. The van der Waals surface area contributed by atoms with E-state index in [1.807, 2.05) is 0 Å². The first kappa shape index (κ1) is 18.9. The zero-order chi connectivity index (χ0) is 13.7. The SMILES string of the molecule is Ic1cccc(I)c1I.Ic1cccc(I)c1I. The Hall–Kier alpha value is 2.82. The summed E-state index contributed by atoms with van der Waals surface area (Å²) in [6.45, 7) is 0. The van der Waals surface area contributed by atoms with Gasteiger partial charge in [-0.2, -0.15) is 0 Å². The van der Waals surface area contributed by atoms with Gasteiger partial charge in [0.2, 0.25) is 0 Å². The lowest BCUT2D eigenvalue weighted by molar-refractivity contribution is 1.53. The van der Waals surface area contributed by atoms with Crippen LogP contribution in [0.5, 0.6) is 0 Å². The molecule has 2 aromatic carbocycles. The largest absolute Gasteiger partial charge is 0.0601 e. The maximum Gasteiger partial charge on any atom is 0.0397 e. The van der Waals surface area contributed by atoms with Gasteiger partial charge in [-0.05, 0) is 160 Å². The van der Waals surface area contributed by atoms with Gasteiger partial charge in [0.25, 0.3) is 0 Å². The molecule has 0 unspecified atom stereocenters.